The van der Waals surface area contributed by atoms with E-state index in [0.29, 0.717) is 5.69 Å². The van der Waals surface area contributed by atoms with Crippen molar-refractivity contribution >= 4 is 39.2 Å². The van der Waals surface area contributed by atoms with Gasteiger partial charge in [-0.15, -0.1) is 0 Å². The van der Waals surface area contributed by atoms with Crippen LogP contribution in [0.4, 0.5) is 5.69 Å². The zero-order valence-electron chi connectivity index (χ0n) is 14.1. The molecule has 1 aromatic carbocycles. The van der Waals surface area contributed by atoms with E-state index in [2.05, 4.69) is 42.5 Å². The normalized spacial score (nSPS) is 11.4. The molecule has 5 nitrogen and oxygen atoms in total. The number of thioether (sulfide) groups is 1. The van der Waals surface area contributed by atoms with E-state index in [9.17, 15) is 10.2 Å². The van der Waals surface area contributed by atoms with E-state index in [-0.39, 0.29) is 11.5 Å². The summed E-state index contributed by atoms with van der Waals surface area (Å²) in [5.74, 6) is -0.332. The zero-order chi connectivity index (χ0) is 17.4. The molecule has 23 heavy (non-hydrogen) atoms. The minimum absolute atomic E-state index is 0.153. The first-order valence-electron chi connectivity index (χ1n) is 7.79. The van der Waals surface area contributed by atoms with Crippen molar-refractivity contribution in [3.05, 3.63) is 18.2 Å². The second kappa shape index (κ2) is 9.62. The summed E-state index contributed by atoms with van der Waals surface area (Å²) in [6, 6.07) is 4.54. The van der Waals surface area contributed by atoms with Crippen molar-refractivity contribution in [2.45, 2.75) is 27.7 Å². The molecule has 0 aromatic heterocycles. The Kier molecular flexibility index (Phi) is 8.19. The maximum Gasteiger partial charge on any atom is 0.171 e. The zero-order valence-corrected chi connectivity index (χ0v) is 15.7. The molecule has 0 fully saturated rings. The maximum absolute atomic E-state index is 9.64. The molecule has 0 spiro atoms. The van der Waals surface area contributed by atoms with Gasteiger partial charge in [-0.05, 0) is 51.6 Å². The van der Waals surface area contributed by atoms with Crippen LogP contribution in [0.25, 0.3) is 0 Å². The lowest BCUT2D eigenvalue weighted by atomic mass is 10.3. The van der Waals surface area contributed by atoms with E-state index in [1.165, 1.54) is 23.9 Å². The molecule has 0 saturated heterocycles. The third-order valence-electron chi connectivity index (χ3n) is 3.42. The van der Waals surface area contributed by atoms with Crippen molar-refractivity contribution in [3.63, 3.8) is 0 Å². The molecular weight excluding hydrogens is 330 g/mol. The van der Waals surface area contributed by atoms with Crippen LogP contribution in [0.3, 0.4) is 0 Å². The Bertz CT molecular complexity index is 556. The quantitative estimate of drug-likeness (QED) is 0.363. The summed E-state index contributed by atoms with van der Waals surface area (Å²) in [5.41, 5.74) is 0.581. The number of phenolic OH excluding ortho intramolecular Hbond substituents is 2. The number of rotatable bonds is 5. The van der Waals surface area contributed by atoms with E-state index < -0.39 is 0 Å². The van der Waals surface area contributed by atoms with E-state index >= 15 is 0 Å². The number of phenols is 2. The van der Waals surface area contributed by atoms with E-state index in [4.69, 9.17) is 12.2 Å². The summed E-state index contributed by atoms with van der Waals surface area (Å²) < 4.78 is 0.781. The number of benzene rings is 1. The van der Waals surface area contributed by atoms with Crippen LogP contribution >= 0.6 is 24.0 Å². The number of hydrogen-bond acceptors (Lipinski definition) is 5. The molecule has 0 radical (unpaired) electrons. The molecule has 2 N–H and O–H groups in total. The van der Waals surface area contributed by atoms with Gasteiger partial charge < -0.3 is 20.0 Å². The predicted molar refractivity (Wildman–Crippen MR) is 103 cm³/mol. The van der Waals surface area contributed by atoms with Gasteiger partial charge in [0.2, 0.25) is 0 Å². The topological polar surface area (TPSA) is 59.3 Å². The molecule has 1 rings (SSSR count). The molecule has 0 aliphatic carbocycles. The molecule has 0 atom stereocenters. The van der Waals surface area contributed by atoms with Gasteiger partial charge in [-0.3, -0.25) is 0 Å². The van der Waals surface area contributed by atoms with E-state index in [1.807, 2.05) is 0 Å². The summed E-state index contributed by atoms with van der Waals surface area (Å²) in [6.45, 7) is 11.6. The molecule has 0 amide bonds. The molecule has 0 bridgehead atoms. The lowest BCUT2D eigenvalue weighted by molar-refractivity contribution is 0.404. The number of aliphatic imine (C=N–C) groups is 1. The summed E-state index contributed by atoms with van der Waals surface area (Å²) in [4.78, 5) is 8.83. The van der Waals surface area contributed by atoms with E-state index in [0.717, 1.165) is 35.7 Å². The third kappa shape index (κ3) is 5.58. The van der Waals surface area contributed by atoms with Gasteiger partial charge >= 0.3 is 0 Å². The van der Waals surface area contributed by atoms with Crippen LogP contribution in [0.1, 0.15) is 27.7 Å². The largest absolute Gasteiger partial charge is 0.504 e. The molecule has 128 valence electrons. The third-order valence-corrected chi connectivity index (χ3v) is 4.89. The van der Waals surface area contributed by atoms with Gasteiger partial charge in [0.05, 0.1) is 5.69 Å². The fourth-order valence-corrected chi connectivity index (χ4v) is 3.53. The standard InChI is InChI=1S/C16H25N3O2S2/c1-5-18(6-2)15(23-16(22)19(7-3)8-4)17-12-9-10-13(20)14(21)11-12/h9-11,20-21H,5-8H2,1-4H3. The SMILES string of the molecule is CCN(CC)C(=S)SC(=Nc1ccc(O)c(O)c1)N(CC)CC. The highest BCUT2D eigenvalue weighted by Gasteiger charge is 2.15. The van der Waals surface area contributed by atoms with E-state index in [1.54, 1.807) is 6.07 Å². The van der Waals surface area contributed by atoms with Gasteiger partial charge in [-0.2, -0.15) is 0 Å². The number of nitrogens with zero attached hydrogens (tertiary/aromatic N) is 3. The lowest BCUT2D eigenvalue weighted by Crippen LogP contribution is -2.33. The fraction of sp³-hybridized carbons (Fsp3) is 0.500. The second-order valence-electron chi connectivity index (χ2n) is 4.78. The van der Waals surface area contributed by atoms with Gasteiger partial charge in [-0.1, -0.05) is 12.2 Å². The minimum atomic E-state index is -0.179. The smallest absolute Gasteiger partial charge is 0.171 e. The van der Waals surface area contributed by atoms with Crippen LogP contribution in [0, 0.1) is 0 Å². The average molecular weight is 356 g/mol. The van der Waals surface area contributed by atoms with Crippen LogP contribution in [0.5, 0.6) is 11.5 Å². The summed E-state index contributed by atoms with van der Waals surface area (Å²) in [7, 11) is 0. The molecule has 0 heterocycles. The second-order valence-corrected chi connectivity index (χ2v) is 6.38. The molecular formula is C16H25N3O2S2. The summed E-state index contributed by atoms with van der Waals surface area (Å²) in [5, 5.41) is 19.8. The van der Waals surface area contributed by atoms with Gasteiger partial charge in [-0.25, -0.2) is 4.99 Å². The van der Waals surface area contributed by atoms with Gasteiger partial charge in [0, 0.05) is 32.2 Å². The highest BCUT2D eigenvalue weighted by molar-refractivity contribution is 8.32. The predicted octanol–water partition coefficient (Wildman–Crippen LogP) is 3.79. The van der Waals surface area contributed by atoms with Crippen molar-refractivity contribution in [1.82, 2.24) is 9.80 Å². The van der Waals surface area contributed by atoms with Gasteiger partial charge in [0.1, 0.15) is 4.32 Å². The van der Waals surface area contributed by atoms with Crippen molar-refractivity contribution in [2.75, 3.05) is 26.2 Å². The van der Waals surface area contributed by atoms with Crippen molar-refractivity contribution in [1.29, 1.82) is 0 Å². The summed E-state index contributed by atoms with van der Waals surface area (Å²) >= 11 is 6.97. The molecule has 0 unspecified atom stereocenters. The van der Waals surface area contributed by atoms with Crippen LogP contribution in [0.2, 0.25) is 0 Å². The van der Waals surface area contributed by atoms with Crippen molar-refractivity contribution in [3.8, 4) is 11.5 Å². The minimum Gasteiger partial charge on any atom is -0.504 e. The first kappa shape index (κ1) is 19.6. The van der Waals surface area contributed by atoms with Crippen LogP contribution in [0.15, 0.2) is 23.2 Å². The number of amidine groups is 1. The monoisotopic (exact) mass is 355 g/mol. The fourth-order valence-electron chi connectivity index (χ4n) is 1.97. The molecule has 7 heteroatoms. The van der Waals surface area contributed by atoms with Crippen molar-refractivity contribution < 1.29 is 10.2 Å². The Hall–Kier alpha value is -1.47. The van der Waals surface area contributed by atoms with Crippen LogP contribution in [-0.4, -0.2) is 55.7 Å². The lowest BCUT2D eigenvalue weighted by Gasteiger charge is -2.26. The highest BCUT2D eigenvalue weighted by atomic mass is 32.2. The maximum atomic E-state index is 9.64. The average Bonchev–Trinajstić information content (AvgIpc) is 2.53. The Morgan fingerprint density at radius 2 is 1.57 bits per heavy atom. The Morgan fingerprint density at radius 1 is 1.00 bits per heavy atom. The highest BCUT2D eigenvalue weighted by Crippen LogP contribution is 2.30. The van der Waals surface area contributed by atoms with Gasteiger partial charge in [0.25, 0.3) is 0 Å². The molecule has 0 aliphatic heterocycles. The molecule has 0 aliphatic rings. The Labute approximate surface area is 148 Å². The molecule has 1 aromatic rings. The van der Waals surface area contributed by atoms with Crippen molar-refractivity contribution in [2.24, 2.45) is 4.99 Å². The Balaban J connectivity index is 3.11. The first-order chi connectivity index (χ1) is 11.0. The first-order valence-corrected chi connectivity index (χ1v) is 9.01. The number of thiocarbonyl (C=S) groups is 1. The van der Waals surface area contributed by atoms with Gasteiger partial charge in [0.15, 0.2) is 16.7 Å². The van der Waals surface area contributed by atoms with Crippen LogP contribution in [-0.2, 0) is 0 Å². The number of hydrogen-bond donors (Lipinski definition) is 2. The number of aromatic hydroxyl groups is 2. The Morgan fingerprint density at radius 3 is 2.04 bits per heavy atom. The van der Waals surface area contributed by atoms with Crippen LogP contribution < -0.4 is 0 Å². The molecule has 0 saturated carbocycles. The summed E-state index contributed by atoms with van der Waals surface area (Å²) in [6.07, 6.45) is 0.